The number of hydrogen-bond donors (Lipinski definition) is 6. The topological polar surface area (TPSA) is 174 Å². The molecule has 4 saturated carbocycles. The lowest BCUT2D eigenvalue weighted by atomic mass is 9.32. The van der Waals surface area contributed by atoms with E-state index in [1.54, 1.807) is 0 Å². The van der Waals surface area contributed by atoms with Gasteiger partial charge in [0.2, 0.25) is 0 Å². The van der Waals surface area contributed by atoms with Gasteiger partial charge in [0.25, 0.3) is 0 Å². The number of aliphatic hydroxyl groups is 6. The fraction of sp³-hybridized carbons (Fsp3) is 0.889. The van der Waals surface area contributed by atoms with E-state index in [4.69, 9.17) is 9.47 Å². The fourth-order valence-corrected chi connectivity index (χ4v) is 12.3. The third kappa shape index (κ3) is 4.36. The van der Waals surface area contributed by atoms with Crippen molar-refractivity contribution in [1.82, 2.24) is 0 Å². The maximum atomic E-state index is 14.7. The molecule has 5 fully saturated rings. The lowest BCUT2D eigenvalue weighted by Crippen LogP contribution is -2.71. The average Bonchev–Trinajstić information content (AvgIpc) is 2.96. The monoisotopic (exact) mass is 648 g/mol. The van der Waals surface area contributed by atoms with Gasteiger partial charge in [0, 0.05) is 23.7 Å². The zero-order chi connectivity index (χ0) is 34.1. The van der Waals surface area contributed by atoms with E-state index < -0.39 is 88.6 Å². The Labute approximate surface area is 272 Å². The van der Waals surface area contributed by atoms with Crippen LogP contribution in [0.1, 0.15) is 87.5 Å². The highest BCUT2D eigenvalue weighted by atomic mass is 16.7. The van der Waals surface area contributed by atoms with E-state index in [9.17, 15) is 40.2 Å². The van der Waals surface area contributed by atoms with Crippen molar-refractivity contribution in [2.75, 3.05) is 6.61 Å². The highest BCUT2D eigenvalue weighted by molar-refractivity contribution is 5.96. The summed E-state index contributed by atoms with van der Waals surface area (Å²) in [5.41, 5.74) is -2.19. The molecule has 0 bridgehead atoms. The van der Waals surface area contributed by atoms with Crippen molar-refractivity contribution in [1.29, 1.82) is 0 Å². The highest BCUT2D eigenvalue weighted by Crippen LogP contribution is 2.75. The Morgan fingerprint density at radius 1 is 0.935 bits per heavy atom. The number of hydrogen-bond acceptors (Lipinski definition) is 10. The first kappa shape index (κ1) is 34.6. The van der Waals surface area contributed by atoms with Crippen LogP contribution in [0.3, 0.4) is 0 Å². The largest absolute Gasteiger partial charge is 0.394 e. The molecule has 6 N–H and O–H groups in total. The molecule has 6 aliphatic rings. The molecule has 10 heteroatoms. The molecule has 46 heavy (non-hydrogen) atoms. The lowest BCUT2D eigenvalue weighted by Gasteiger charge is -2.71. The summed E-state index contributed by atoms with van der Waals surface area (Å²) in [6, 6.07) is 0. The number of rotatable bonds is 3. The van der Waals surface area contributed by atoms with Gasteiger partial charge in [0.05, 0.1) is 24.9 Å². The third-order valence-corrected chi connectivity index (χ3v) is 15.0. The molecule has 0 aromatic heterocycles. The van der Waals surface area contributed by atoms with E-state index in [0.29, 0.717) is 19.3 Å². The first-order valence-corrected chi connectivity index (χ1v) is 17.3. The summed E-state index contributed by atoms with van der Waals surface area (Å²) < 4.78 is 11.9. The molecule has 5 aliphatic carbocycles. The van der Waals surface area contributed by atoms with Gasteiger partial charge in [-0.15, -0.1) is 0 Å². The summed E-state index contributed by atoms with van der Waals surface area (Å²) in [5.74, 6) is -0.450. The SMILES string of the molecule is CC1C(=O)CC2(C)CC(O)C3(C)C(=CC(=O)C4C5(C)CC(OC6OC(CO)C(O)C(O)C6O)C(O)C(C)(C)C5CCC43C)C2C1C. The van der Waals surface area contributed by atoms with Crippen LogP contribution >= 0.6 is 0 Å². The lowest BCUT2D eigenvalue weighted by molar-refractivity contribution is -0.334. The maximum Gasteiger partial charge on any atom is 0.187 e. The van der Waals surface area contributed by atoms with Gasteiger partial charge >= 0.3 is 0 Å². The summed E-state index contributed by atoms with van der Waals surface area (Å²) in [6.45, 7) is 15.9. The van der Waals surface area contributed by atoms with Gasteiger partial charge in [-0.2, -0.15) is 0 Å². The van der Waals surface area contributed by atoms with Crippen molar-refractivity contribution in [2.45, 2.75) is 137 Å². The van der Waals surface area contributed by atoms with Gasteiger partial charge in [-0.1, -0.05) is 61.0 Å². The molecule has 0 aromatic carbocycles. The molecule has 1 aliphatic heterocycles. The van der Waals surface area contributed by atoms with E-state index in [-0.39, 0.29) is 41.7 Å². The van der Waals surface area contributed by atoms with Crippen LogP contribution in [0.5, 0.6) is 0 Å². The predicted octanol–water partition coefficient (Wildman–Crippen LogP) is 2.15. The zero-order valence-corrected chi connectivity index (χ0v) is 28.6. The van der Waals surface area contributed by atoms with Gasteiger partial charge in [-0.05, 0) is 71.2 Å². The smallest absolute Gasteiger partial charge is 0.187 e. The van der Waals surface area contributed by atoms with Crippen LogP contribution in [0.4, 0.5) is 0 Å². The van der Waals surface area contributed by atoms with Gasteiger partial charge in [-0.25, -0.2) is 0 Å². The molecule has 260 valence electrons. The molecule has 0 radical (unpaired) electrons. The Bertz CT molecular complexity index is 1300. The van der Waals surface area contributed by atoms with Crippen molar-refractivity contribution in [2.24, 2.45) is 56.7 Å². The van der Waals surface area contributed by atoms with Crippen LogP contribution in [-0.2, 0) is 19.1 Å². The van der Waals surface area contributed by atoms with Crippen LogP contribution < -0.4 is 0 Å². The Hall–Kier alpha value is -1.24. The summed E-state index contributed by atoms with van der Waals surface area (Å²) in [7, 11) is 0. The van der Waals surface area contributed by atoms with Crippen molar-refractivity contribution in [3.05, 3.63) is 11.6 Å². The minimum Gasteiger partial charge on any atom is -0.394 e. The van der Waals surface area contributed by atoms with E-state index in [1.807, 2.05) is 26.8 Å². The van der Waals surface area contributed by atoms with Crippen LogP contribution in [-0.4, -0.2) is 97.8 Å². The number of carbonyl (C=O) groups excluding carboxylic acids is 2. The first-order valence-electron chi connectivity index (χ1n) is 17.3. The second-order valence-corrected chi connectivity index (χ2v) is 17.6. The molecule has 6 rings (SSSR count). The average molecular weight is 649 g/mol. The maximum absolute atomic E-state index is 14.7. The molecule has 17 unspecified atom stereocenters. The molecular weight excluding hydrogens is 592 g/mol. The summed E-state index contributed by atoms with van der Waals surface area (Å²) in [4.78, 5) is 27.8. The number of Topliss-reactive ketones (excluding diaryl/α,β-unsaturated/α-hetero) is 1. The molecule has 1 saturated heterocycles. The van der Waals surface area contributed by atoms with Gasteiger partial charge in [0.1, 0.15) is 30.2 Å². The van der Waals surface area contributed by atoms with Gasteiger partial charge < -0.3 is 40.1 Å². The molecule has 0 spiro atoms. The molecule has 17 atom stereocenters. The van der Waals surface area contributed by atoms with Crippen LogP contribution in [0.2, 0.25) is 0 Å². The van der Waals surface area contributed by atoms with Crippen LogP contribution in [0.15, 0.2) is 11.6 Å². The molecule has 0 amide bonds. The van der Waals surface area contributed by atoms with Crippen LogP contribution in [0, 0.1) is 56.7 Å². The zero-order valence-electron chi connectivity index (χ0n) is 28.6. The predicted molar refractivity (Wildman–Crippen MR) is 167 cm³/mol. The third-order valence-electron chi connectivity index (χ3n) is 15.0. The second kappa shape index (κ2) is 10.9. The number of ketones is 2. The second-order valence-electron chi connectivity index (χ2n) is 17.6. The van der Waals surface area contributed by atoms with Gasteiger partial charge in [0.15, 0.2) is 12.1 Å². The van der Waals surface area contributed by atoms with Gasteiger partial charge in [-0.3, -0.25) is 9.59 Å². The number of allylic oxidation sites excluding steroid dienone is 1. The summed E-state index contributed by atoms with van der Waals surface area (Å²) in [6.07, 6.45) is -5.60. The minimum atomic E-state index is -1.62. The van der Waals surface area contributed by atoms with E-state index in [2.05, 4.69) is 34.6 Å². The number of ether oxygens (including phenoxy) is 2. The highest BCUT2D eigenvalue weighted by Gasteiger charge is 2.73. The molecule has 10 nitrogen and oxygen atoms in total. The number of aliphatic hydroxyl groups excluding tert-OH is 6. The molecule has 0 aromatic rings. The quantitative estimate of drug-likeness (QED) is 0.249. The molecule has 1 heterocycles. The minimum absolute atomic E-state index is 0.00672. The Morgan fingerprint density at radius 2 is 1.59 bits per heavy atom. The Morgan fingerprint density at radius 3 is 2.22 bits per heavy atom. The van der Waals surface area contributed by atoms with E-state index >= 15 is 0 Å². The summed E-state index contributed by atoms with van der Waals surface area (Å²) >= 11 is 0. The van der Waals surface area contributed by atoms with Crippen molar-refractivity contribution in [3.63, 3.8) is 0 Å². The normalized spacial score (nSPS) is 56.7. The molecular formula is C36H56O10. The number of fused-ring (bicyclic) bond motifs is 7. The standard InChI is InChI=1S/C36H56O10/c1-16-17(2)25-18-11-19(38)29-34(6)13-21(45-31-28(43)27(42)26(41)22(15-37)46-31)30(44)32(3,4)23(34)9-10-35(29,7)36(18,8)24(40)14-33(25,5)12-20(16)39/h11,16-17,21-31,37,40-44H,9-10,12-15H2,1-8H3. The fourth-order valence-electron chi connectivity index (χ4n) is 12.3. The summed E-state index contributed by atoms with van der Waals surface area (Å²) in [5, 5.41) is 65.1. The van der Waals surface area contributed by atoms with E-state index in [0.717, 1.165) is 12.0 Å². The Kier molecular flexibility index (Phi) is 8.19. The van der Waals surface area contributed by atoms with Crippen molar-refractivity contribution in [3.8, 4) is 0 Å². The van der Waals surface area contributed by atoms with E-state index in [1.165, 1.54) is 0 Å². The number of carbonyl (C=O) groups is 2. The van der Waals surface area contributed by atoms with Crippen molar-refractivity contribution >= 4 is 11.6 Å². The van der Waals surface area contributed by atoms with Crippen LogP contribution in [0.25, 0.3) is 0 Å². The Balaban J connectivity index is 1.41. The van der Waals surface area contributed by atoms with Crippen molar-refractivity contribution < 1.29 is 49.7 Å². The first-order chi connectivity index (χ1) is 21.2.